The Hall–Kier alpha value is -3.03. The normalized spacial score (nSPS) is 18.7. The van der Waals surface area contributed by atoms with E-state index in [1.165, 1.54) is 23.6 Å². The number of piperazine rings is 1. The molecule has 0 spiro atoms. The summed E-state index contributed by atoms with van der Waals surface area (Å²) in [5.41, 5.74) is 8.18. The van der Waals surface area contributed by atoms with Crippen LogP contribution in [0, 0.1) is 0 Å². The quantitative estimate of drug-likeness (QED) is 0.369. The minimum atomic E-state index is -0.0709. The van der Waals surface area contributed by atoms with Crippen LogP contribution in [0.4, 0.5) is 0 Å². The molecule has 1 heterocycles. The van der Waals surface area contributed by atoms with E-state index in [-0.39, 0.29) is 11.7 Å². The Morgan fingerprint density at radius 1 is 1.07 bits per heavy atom. The number of aromatic hydroxyl groups is 1. The number of phenols is 1. The standard InChI is InChI=1S/C22H28N4O3/c1-17(19-8-9-20(27)21(14-19)29-2)23-24-22(28)16-26-12-10-25(11-13-26)15-18-6-4-3-5-7-18/h3-9,14,23,27H,1,10-13,15-16H2,2H3,(H,24,28)/p+2. The molecule has 154 valence electrons. The lowest BCUT2D eigenvalue weighted by Crippen LogP contribution is -3.28. The third-order valence-electron chi connectivity index (χ3n) is 5.25. The van der Waals surface area contributed by atoms with Gasteiger partial charge in [0.05, 0.1) is 12.8 Å². The number of carbonyl (C=O) groups is 1. The highest BCUT2D eigenvalue weighted by atomic mass is 16.5. The summed E-state index contributed by atoms with van der Waals surface area (Å²) < 4.78 is 5.10. The Bertz CT molecular complexity index is 833. The summed E-state index contributed by atoms with van der Waals surface area (Å²) in [6.07, 6.45) is 0. The first kappa shape index (κ1) is 20.7. The molecule has 7 nitrogen and oxygen atoms in total. The number of rotatable bonds is 8. The maximum atomic E-state index is 12.3. The molecule has 1 aliphatic heterocycles. The van der Waals surface area contributed by atoms with Crippen LogP contribution in [-0.4, -0.2) is 50.8 Å². The van der Waals surface area contributed by atoms with Crippen molar-refractivity contribution in [3.05, 3.63) is 66.2 Å². The zero-order chi connectivity index (χ0) is 20.6. The van der Waals surface area contributed by atoms with E-state index in [0.717, 1.165) is 38.3 Å². The van der Waals surface area contributed by atoms with Crippen LogP contribution in [0.3, 0.4) is 0 Å². The van der Waals surface area contributed by atoms with Crippen molar-refractivity contribution in [1.29, 1.82) is 0 Å². The smallest absolute Gasteiger partial charge is 0.293 e. The lowest BCUT2D eigenvalue weighted by molar-refractivity contribution is -1.02. The van der Waals surface area contributed by atoms with Gasteiger partial charge in [0.1, 0.15) is 32.7 Å². The van der Waals surface area contributed by atoms with Crippen LogP contribution in [0.15, 0.2) is 55.1 Å². The summed E-state index contributed by atoms with van der Waals surface area (Å²) in [6, 6.07) is 15.4. The Balaban J connectivity index is 1.39. The number of benzene rings is 2. The Kier molecular flexibility index (Phi) is 7.10. The summed E-state index contributed by atoms with van der Waals surface area (Å²) in [5, 5.41) is 9.67. The van der Waals surface area contributed by atoms with Crippen molar-refractivity contribution in [2.45, 2.75) is 6.54 Å². The lowest BCUT2D eigenvalue weighted by Gasteiger charge is -2.29. The summed E-state index contributed by atoms with van der Waals surface area (Å²) in [4.78, 5) is 15.1. The predicted octanol–water partition coefficient (Wildman–Crippen LogP) is -1.02. The van der Waals surface area contributed by atoms with Gasteiger partial charge in [0, 0.05) is 11.1 Å². The van der Waals surface area contributed by atoms with Crippen molar-refractivity contribution in [1.82, 2.24) is 10.9 Å². The molecule has 0 atom stereocenters. The van der Waals surface area contributed by atoms with Crippen molar-refractivity contribution < 1.29 is 24.4 Å². The third kappa shape index (κ3) is 5.97. The summed E-state index contributed by atoms with van der Waals surface area (Å²) in [7, 11) is 1.49. The monoisotopic (exact) mass is 398 g/mol. The Labute approximate surface area is 171 Å². The predicted molar refractivity (Wildman–Crippen MR) is 111 cm³/mol. The second-order valence-corrected chi connectivity index (χ2v) is 7.38. The first-order chi connectivity index (χ1) is 14.0. The molecule has 0 aromatic heterocycles. The molecule has 2 aromatic rings. The van der Waals surface area contributed by atoms with E-state index >= 15 is 0 Å². The highest BCUT2D eigenvalue weighted by Gasteiger charge is 2.24. The molecule has 1 aliphatic rings. The summed E-state index contributed by atoms with van der Waals surface area (Å²) in [6.45, 7) is 9.47. The molecular formula is C22H30N4O3+2. The van der Waals surface area contributed by atoms with Crippen molar-refractivity contribution in [2.24, 2.45) is 0 Å². The van der Waals surface area contributed by atoms with E-state index in [1.807, 2.05) is 6.07 Å². The van der Waals surface area contributed by atoms with Gasteiger partial charge in [-0.05, 0) is 18.2 Å². The minimum absolute atomic E-state index is 0.0604. The molecule has 1 fully saturated rings. The fraction of sp³-hybridized carbons (Fsp3) is 0.318. The van der Waals surface area contributed by atoms with E-state index in [9.17, 15) is 9.90 Å². The van der Waals surface area contributed by atoms with Crippen molar-refractivity contribution >= 4 is 11.6 Å². The van der Waals surface area contributed by atoms with Crippen molar-refractivity contribution in [3.63, 3.8) is 0 Å². The average molecular weight is 399 g/mol. The maximum absolute atomic E-state index is 12.3. The van der Waals surface area contributed by atoms with E-state index < -0.39 is 0 Å². The second-order valence-electron chi connectivity index (χ2n) is 7.38. The van der Waals surface area contributed by atoms with Crippen LogP contribution in [0.25, 0.3) is 5.70 Å². The van der Waals surface area contributed by atoms with Gasteiger partial charge in [-0.3, -0.25) is 15.6 Å². The number of quaternary nitrogens is 2. The van der Waals surface area contributed by atoms with Crippen LogP contribution < -0.4 is 25.4 Å². The first-order valence-electron chi connectivity index (χ1n) is 9.87. The molecular weight excluding hydrogens is 368 g/mol. The SMILES string of the molecule is C=C(NNC(=O)C[NH+]1CC[NH+](Cc2ccccc2)CC1)c1ccc(O)c(OC)c1. The lowest BCUT2D eigenvalue weighted by atomic mass is 10.1. The number of hydrogen-bond acceptors (Lipinski definition) is 4. The van der Waals surface area contributed by atoms with Crippen molar-refractivity contribution in [2.75, 3.05) is 39.8 Å². The molecule has 2 aromatic carbocycles. The van der Waals surface area contributed by atoms with Crippen LogP contribution >= 0.6 is 0 Å². The molecule has 0 aliphatic carbocycles. The fourth-order valence-corrected chi connectivity index (χ4v) is 3.55. The number of amides is 1. The minimum Gasteiger partial charge on any atom is -0.504 e. The molecule has 1 saturated heterocycles. The highest BCUT2D eigenvalue weighted by molar-refractivity contribution is 5.78. The fourth-order valence-electron chi connectivity index (χ4n) is 3.55. The topological polar surface area (TPSA) is 79.5 Å². The molecule has 3 rings (SSSR count). The number of methoxy groups -OCH3 is 1. The number of hydrazine groups is 1. The highest BCUT2D eigenvalue weighted by Crippen LogP contribution is 2.27. The van der Waals surface area contributed by atoms with Gasteiger partial charge in [-0.15, -0.1) is 0 Å². The van der Waals surface area contributed by atoms with E-state index in [0.29, 0.717) is 18.0 Å². The molecule has 0 bridgehead atoms. The van der Waals surface area contributed by atoms with Gasteiger partial charge in [-0.25, -0.2) is 0 Å². The number of hydrogen-bond donors (Lipinski definition) is 5. The number of carbonyl (C=O) groups excluding carboxylic acids is 1. The maximum Gasteiger partial charge on any atom is 0.293 e. The molecule has 7 heteroatoms. The van der Waals surface area contributed by atoms with Crippen LogP contribution in [0.5, 0.6) is 11.5 Å². The van der Waals surface area contributed by atoms with Gasteiger partial charge < -0.3 is 19.6 Å². The molecule has 1 amide bonds. The zero-order valence-corrected chi connectivity index (χ0v) is 16.8. The molecule has 0 radical (unpaired) electrons. The molecule has 0 unspecified atom stereocenters. The van der Waals surface area contributed by atoms with E-state index in [2.05, 4.69) is 41.7 Å². The number of nitrogens with one attached hydrogen (secondary N) is 4. The number of phenolic OH excluding ortho intramolecular Hbond substituents is 1. The van der Waals surface area contributed by atoms with Gasteiger partial charge in [0.15, 0.2) is 18.0 Å². The summed E-state index contributed by atoms with van der Waals surface area (Å²) >= 11 is 0. The zero-order valence-electron chi connectivity index (χ0n) is 16.8. The molecule has 29 heavy (non-hydrogen) atoms. The van der Waals surface area contributed by atoms with Crippen LogP contribution in [0.1, 0.15) is 11.1 Å². The van der Waals surface area contributed by atoms with Gasteiger partial charge in [0.2, 0.25) is 0 Å². The van der Waals surface area contributed by atoms with Gasteiger partial charge in [-0.2, -0.15) is 0 Å². The van der Waals surface area contributed by atoms with Crippen LogP contribution in [0.2, 0.25) is 0 Å². The van der Waals surface area contributed by atoms with Gasteiger partial charge >= 0.3 is 0 Å². The molecule has 0 saturated carbocycles. The summed E-state index contributed by atoms with van der Waals surface area (Å²) in [5.74, 6) is 0.348. The first-order valence-corrected chi connectivity index (χ1v) is 9.87. The third-order valence-corrected chi connectivity index (χ3v) is 5.25. The second kappa shape index (κ2) is 9.95. The number of ether oxygens (including phenoxy) is 1. The largest absolute Gasteiger partial charge is 0.504 e. The van der Waals surface area contributed by atoms with Gasteiger partial charge in [-0.1, -0.05) is 36.9 Å². The van der Waals surface area contributed by atoms with Crippen LogP contribution in [-0.2, 0) is 11.3 Å². The van der Waals surface area contributed by atoms with Crippen molar-refractivity contribution in [3.8, 4) is 11.5 Å². The average Bonchev–Trinajstić information content (AvgIpc) is 2.74. The molecule has 5 N–H and O–H groups in total. The van der Waals surface area contributed by atoms with Gasteiger partial charge in [0.25, 0.3) is 5.91 Å². The Morgan fingerprint density at radius 3 is 2.45 bits per heavy atom. The van der Waals surface area contributed by atoms with E-state index in [4.69, 9.17) is 4.74 Å². The van der Waals surface area contributed by atoms with E-state index in [1.54, 1.807) is 17.0 Å². The Morgan fingerprint density at radius 2 is 1.76 bits per heavy atom.